The Morgan fingerprint density at radius 3 is 2.35 bits per heavy atom. The Hall–Kier alpha value is -1.13. The largest absolute Gasteiger partial charge is 0.413 e. The number of fused-ring (bicyclic) bond motifs is 1. The summed E-state index contributed by atoms with van der Waals surface area (Å²) in [5, 5.41) is 2.87. The third kappa shape index (κ3) is 8.18. The zero-order valence-electron chi connectivity index (χ0n) is 31.3. The van der Waals surface area contributed by atoms with Gasteiger partial charge in [0.05, 0.1) is 12.2 Å². The number of rotatable bonds is 10. The SMILES string of the molecule is C=C1C(=CC=C2CCC[C@]3(C)[C@@H]([C@H](C)CCC(=O)c4nccs4)CC[C@@H]23)C[C@@H](O[Si](C)(C)C(C)(C)C)C[C@@H]1O[Si](C)(C)C(C)(C)C. The molecular formula is C39H65NO3SSi2. The standard InChI is InChI=1S/C39H65NO3SSi2/c1-27(16-21-34(41)36-40-23-24-44-36)32-19-20-33-29(15-14-22-39(32,33)9)17-18-30-25-31(42-45(10,11)37(3,4)5)26-35(28(30)2)43-46(12,13)38(6,7)8/h17-18,23-24,27,31-33,35H,2,14-16,19-22,25-26H2,1,3-13H3/t27-,31-,32-,33+,35+,39-/m1/s1. The summed E-state index contributed by atoms with van der Waals surface area (Å²) in [6, 6.07) is 0. The van der Waals surface area contributed by atoms with Crippen molar-refractivity contribution in [2.75, 3.05) is 0 Å². The van der Waals surface area contributed by atoms with E-state index in [0.29, 0.717) is 34.6 Å². The van der Waals surface area contributed by atoms with Crippen molar-refractivity contribution in [3.63, 3.8) is 0 Å². The molecule has 6 atom stereocenters. The van der Waals surface area contributed by atoms with Crippen LogP contribution in [0.2, 0.25) is 36.3 Å². The van der Waals surface area contributed by atoms with Gasteiger partial charge in [-0.15, -0.1) is 11.3 Å². The van der Waals surface area contributed by atoms with Crippen LogP contribution >= 0.6 is 11.3 Å². The van der Waals surface area contributed by atoms with E-state index in [2.05, 4.69) is 105 Å². The fraction of sp³-hybridized carbons (Fsp3) is 0.744. The molecule has 0 bridgehead atoms. The zero-order chi connectivity index (χ0) is 34.3. The predicted molar refractivity (Wildman–Crippen MR) is 202 cm³/mol. The molecule has 1 aromatic heterocycles. The summed E-state index contributed by atoms with van der Waals surface area (Å²) < 4.78 is 14.2. The van der Waals surface area contributed by atoms with Gasteiger partial charge in [0.25, 0.3) is 0 Å². The number of hydrogen-bond donors (Lipinski definition) is 0. The van der Waals surface area contributed by atoms with Gasteiger partial charge in [0, 0.05) is 24.4 Å². The number of carbonyl (C=O) groups is 1. The van der Waals surface area contributed by atoms with Crippen molar-refractivity contribution in [3.8, 4) is 0 Å². The molecule has 3 aliphatic carbocycles. The molecule has 0 saturated heterocycles. The van der Waals surface area contributed by atoms with E-state index >= 15 is 0 Å². The maximum atomic E-state index is 12.7. The van der Waals surface area contributed by atoms with Gasteiger partial charge in [0.1, 0.15) is 0 Å². The maximum absolute atomic E-state index is 12.7. The summed E-state index contributed by atoms with van der Waals surface area (Å²) >= 11 is 1.47. The number of nitrogens with zero attached hydrogens (tertiary/aromatic N) is 1. The van der Waals surface area contributed by atoms with Gasteiger partial charge in [0.2, 0.25) is 0 Å². The first kappa shape index (κ1) is 37.7. The molecule has 3 fully saturated rings. The van der Waals surface area contributed by atoms with Crippen molar-refractivity contribution in [1.82, 2.24) is 4.98 Å². The number of aromatic nitrogens is 1. The Bertz CT molecular complexity index is 1300. The van der Waals surface area contributed by atoms with Gasteiger partial charge in [-0.25, -0.2) is 4.98 Å². The van der Waals surface area contributed by atoms with Crippen molar-refractivity contribution >= 4 is 33.8 Å². The van der Waals surface area contributed by atoms with Crippen LogP contribution in [0.15, 0.2) is 47.0 Å². The van der Waals surface area contributed by atoms with Crippen molar-refractivity contribution in [1.29, 1.82) is 0 Å². The van der Waals surface area contributed by atoms with Crippen molar-refractivity contribution in [3.05, 3.63) is 52.0 Å². The number of Topliss-reactive ketones (excluding diaryl/α,β-unsaturated/α-hetero) is 1. The van der Waals surface area contributed by atoms with Crippen LogP contribution < -0.4 is 0 Å². The number of thiazole rings is 1. The van der Waals surface area contributed by atoms with Crippen LogP contribution in [0.1, 0.15) is 123 Å². The monoisotopic (exact) mass is 683 g/mol. The van der Waals surface area contributed by atoms with Gasteiger partial charge in [-0.3, -0.25) is 4.79 Å². The average molecular weight is 684 g/mol. The molecule has 0 aliphatic heterocycles. The second-order valence-corrected chi connectivity index (χ2v) is 28.5. The Morgan fingerprint density at radius 1 is 1.09 bits per heavy atom. The second kappa shape index (κ2) is 14.0. The molecule has 0 radical (unpaired) electrons. The molecular weight excluding hydrogens is 619 g/mol. The fourth-order valence-corrected chi connectivity index (χ4v) is 11.3. The average Bonchev–Trinajstić information content (AvgIpc) is 3.59. The maximum Gasteiger partial charge on any atom is 0.192 e. The molecule has 0 N–H and O–H groups in total. The summed E-state index contributed by atoms with van der Waals surface area (Å²) in [5.74, 6) is 2.02. The second-order valence-electron chi connectivity index (χ2n) is 18.1. The Morgan fingerprint density at radius 2 is 1.74 bits per heavy atom. The predicted octanol–water partition coefficient (Wildman–Crippen LogP) is 11.9. The highest BCUT2D eigenvalue weighted by molar-refractivity contribution is 7.11. The summed E-state index contributed by atoms with van der Waals surface area (Å²) in [6.45, 7) is 33.1. The molecule has 3 aliphatic rings. The molecule has 1 aromatic rings. The molecule has 4 rings (SSSR count). The molecule has 1 heterocycles. The van der Waals surface area contributed by atoms with Crippen molar-refractivity contribution < 1.29 is 13.6 Å². The minimum atomic E-state index is -1.99. The summed E-state index contributed by atoms with van der Waals surface area (Å²) in [5.41, 5.74) is 4.41. The molecule has 0 spiro atoms. The third-order valence-electron chi connectivity index (χ3n) is 13.0. The van der Waals surface area contributed by atoms with E-state index in [-0.39, 0.29) is 28.1 Å². The quantitative estimate of drug-likeness (QED) is 0.182. The van der Waals surface area contributed by atoms with Crippen molar-refractivity contribution in [2.24, 2.45) is 23.2 Å². The van der Waals surface area contributed by atoms with E-state index in [1.54, 1.807) is 11.8 Å². The van der Waals surface area contributed by atoms with Crippen molar-refractivity contribution in [2.45, 2.75) is 162 Å². The van der Waals surface area contributed by atoms with E-state index in [1.165, 1.54) is 49.0 Å². The number of hydrogen-bond acceptors (Lipinski definition) is 5. The lowest BCUT2D eigenvalue weighted by Crippen LogP contribution is -2.49. The van der Waals surface area contributed by atoms with E-state index in [0.717, 1.165) is 24.8 Å². The highest BCUT2D eigenvalue weighted by Crippen LogP contribution is 2.60. The third-order valence-corrected chi connectivity index (χ3v) is 22.8. The molecule has 3 saturated carbocycles. The molecule has 46 heavy (non-hydrogen) atoms. The topological polar surface area (TPSA) is 48.4 Å². The van der Waals surface area contributed by atoms with Gasteiger partial charge in [-0.05, 0) is 116 Å². The molecule has 0 aromatic carbocycles. The normalized spacial score (nSPS) is 30.6. The van der Waals surface area contributed by atoms with Crippen LogP contribution in [0.25, 0.3) is 0 Å². The van der Waals surface area contributed by atoms with Crippen LogP contribution in [0.3, 0.4) is 0 Å². The lowest BCUT2D eigenvalue weighted by molar-refractivity contribution is 0.0855. The molecule has 0 unspecified atom stereocenters. The molecule has 4 nitrogen and oxygen atoms in total. The van der Waals surface area contributed by atoms with Gasteiger partial charge >= 0.3 is 0 Å². The Balaban J connectivity index is 1.55. The first-order chi connectivity index (χ1) is 21.2. The highest BCUT2D eigenvalue weighted by atomic mass is 32.1. The minimum absolute atomic E-state index is 0.00878. The van der Waals surface area contributed by atoms with Crippen LogP contribution in [-0.4, -0.2) is 39.6 Å². The van der Waals surface area contributed by atoms with E-state index in [1.807, 2.05) is 5.38 Å². The van der Waals surface area contributed by atoms with Gasteiger partial charge in [-0.1, -0.05) is 79.7 Å². The summed E-state index contributed by atoms with van der Waals surface area (Å²) in [7, 11) is -3.93. The van der Waals surface area contributed by atoms with Gasteiger partial charge < -0.3 is 8.85 Å². The van der Waals surface area contributed by atoms with Crippen LogP contribution in [-0.2, 0) is 8.85 Å². The minimum Gasteiger partial charge on any atom is -0.413 e. The lowest BCUT2D eigenvalue weighted by atomic mass is 9.60. The first-order valence-corrected chi connectivity index (χ1v) is 24.7. The lowest BCUT2D eigenvalue weighted by Gasteiger charge is -2.46. The van der Waals surface area contributed by atoms with E-state index in [4.69, 9.17) is 8.85 Å². The molecule has 0 amide bonds. The van der Waals surface area contributed by atoms with Crippen LogP contribution in [0, 0.1) is 23.2 Å². The highest BCUT2D eigenvalue weighted by Gasteiger charge is 2.51. The Kier molecular flexibility index (Phi) is 11.5. The summed E-state index contributed by atoms with van der Waals surface area (Å²) in [4.78, 5) is 17.0. The van der Waals surface area contributed by atoms with Gasteiger partial charge in [0.15, 0.2) is 27.4 Å². The smallest absolute Gasteiger partial charge is 0.192 e. The van der Waals surface area contributed by atoms with E-state index < -0.39 is 16.6 Å². The van der Waals surface area contributed by atoms with E-state index in [9.17, 15) is 4.79 Å². The zero-order valence-corrected chi connectivity index (χ0v) is 34.2. The fourth-order valence-electron chi connectivity index (χ4n) is 8.01. The first-order valence-electron chi connectivity index (χ1n) is 18.0. The number of allylic oxidation sites excluding steroid dienone is 3. The Labute approximate surface area is 288 Å². The number of carbonyl (C=O) groups excluding carboxylic acids is 1. The number of ketones is 1. The molecule has 258 valence electrons. The summed E-state index contributed by atoms with van der Waals surface area (Å²) in [6.07, 6.45) is 16.4. The molecule has 7 heteroatoms. The van der Waals surface area contributed by atoms with Crippen LogP contribution in [0.5, 0.6) is 0 Å². The van der Waals surface area contributed by atoms with Gasteiger partial charge in [-0.2, -0.15) is 0 Å². The van der Waals surface area contributed by atoms with Crippen LogP contribution in [0.4, 0.5) is 0 Å².